The highest BCUT2D eigenvalue weighted by Crippen LogP contribution is 2.34. The maximum absolute atomic E-state index is 13.1. The van der Waals surface area contributed by atoms with Gasteiger partial charge < -0.3 is 16.4 Å². The van der Waals surface area contributed by atoms with E-state index in [1.165, 1.54) is 6.07 Å². The molecule has 4 N–H and O–H groups in total. The topological polar surface area (TPSA) is 93.2 Å². The molecule has 4 rings (SSSR count). The van der Waals surface area contributed by atoms with E-state index in [1.807, 2.05) is 11.3 Å². The van der Waals surface area contributed by atoms with Crippen LogP contribution in [-0.2, 0) is 19.1 Å². The Morgan fingerprint density at radius 2 is 2.04 bits per heavy atom. The van der Waals surface area contributed by atoms with Crippen LogP contribution in [0.25, 0.3) is 5.78 Å². The van der Waals surface area contributed by atoms with Crippen LogP contribution in [0.1, 0.15) is 41.2 Å². The summed E-state index contributed by atoms with van der Waals surface area (Å²) >= 11 is 0. The first kappa shape index (κ1) is 18.5. The van der Waals surface area contributed by atoms with Crippen molar-refractivity contribution in [2.24, 2.45) is 0 Å². The molecule has 0 saturated heterocycles. The summed E-state index contributed by atoms with van der Waals surface area (Å²) in [5.74, 6) is 1.81. The second kappa shape index (κ2) is 6.62. The normalized spacial score (nSPS) is 15.5. The summed E-state index contributed by atoms with van der Waals surface area (Å²) in [5, 5.41) is 14.7. The Morgan fingerprint density at radius 1 is 1.25 bits per heavy atom. The first-order valence-electron chi connectivity index (χ1n) is 8.92. The molecule has 3 heterocycles. The summed E-state index contributed by atoms with van der Waals surface area (Å²) < 4.78 is 41.3. The van der Waals surface area contributed by atoms with E-state index < -0.39 is 17.8 Å². The van der Waals surface area contributed by atoms with E-state index >= 15 is 0 Å². The van der Waals surface area contributed by atoms with Crippen molar-refractivity contribution in [3.05, 3.63) is 46.4 Å². The second-order valence-corrected chi connectivity index (χ2v) is 6.95. The van der Waals surface area contributed by atoms with E-state index in [9.17, 15) is 13.2 Å². The lowest BCUT2D eigenvalue weighted by Gasteiger charge is -2.24. The minimum atomic E-state index is -4.46. The highest BCUT2D eigenvalue weighted by molar-refractivity contribution is 5.56. The molecule has 0 saturated carbocycles. The molecule has 0 fully saturated rings. The molecule has 1 atom stereocenters. The van der Waals surface area contributed by atoms with Crippen LogP contribution < -0.4 is 16.4 Å². The number of anilines is 2. The molecule has 0 aliphatic carbocycles. The number of nitrogens with zero attached hydrogens (tertiary/aromatic N) is 4. The molecule has 1 aromatic carbocycles. The minimum Gasteiger partial charge on any atom is -0.399 e. The van der Waals surface area contributed by atoms with Crippen LogP contribution >= 0.6 is 0 Å². The van der Waals surface area contributed by atoms with Crippen molar-refractivity contribution < 1.29 is 13.2 Å². The predicted molar refractivity (Wildman–Crippen MR) is 98.8 cm³/mol. The number of hydrogen-bond donors (Lipinski definition) is 3. The molecule has 2 aromatic heterocycles. The van der Waals surface area contributed by atoms with Crippen LogP contribution in [0, 0.1) is 6.92 Å². The standard InChI is InChI=1S/C18H20F3N7/c1-9(11-5-12(18(19,20)21)7-13(22)6-11)24-16-14-8-23-4-3-15(14)28-10(2)26-27-17(28)25-16/h5-7,9,23H,3-4,8,22H2,1-2H3,(H,24,25,27). The van der Waals surface area contributed by atoms with Crippen LogP contribution in [-0.4, -0.2) is 26.1 Å². The Balaban J connectivity index is 1.74. The van der Waals surface area contributed by atoms with E-state index in [0.717, 1.165) is 42.2 Å². The van der Waals surface area contributed by atoms with Gasteiger partial charge in [-0.3, -0.25) is 4.40 Å². The number of aryl methyl sites for hydroxylation is 1. The van der Waals surface area contributed by atoms with Crippen molar-refractivity contribution >= 4 is 17.3 Å². The number of rotatable bonds is 3. The zero-order chi connectivity index (χ0) is 20.1. The highest BCUT2D eigenvalue weighted by Gasteiger charge is 2.31. The fourth-order valence-electron chi connectivity index (χ4n) is 3.55. The molecule has 148 valence electrons. The Kier molecular flexibility index (Phi) is 4.37. The number of nitrogen functional groups attached to an aromatic ring is 1. The first-order chi connectivity index (χ1) is 13.2. The lowest BCUT2D eigenvalue weighted by atomic mass is 10.0. The van der Waals surface area contributed by atoms with Crippen molar-refractivity contribution in [1.82, 2.24) is 24.9 Å². The van der Waals surface area contributed by atoms with E-state index in [-0.39, 0.29) is 5.69 Å². The number of halogens is 3. The summed E-state index contributed by atoms with van der Waals surface area (Å²) in [4.78, 5) is 4.55. The van der Waals surface area contributed by atoms with Gasteiger partial charge in [-0.1, -0.05) is 0 Å². The first-order valence-corrected chi connectivity index (χ1v) is 8.92. The van der Waals surface area contributed by atoms with Crippen LogP contribution in [0.5, 0.6) is 0 Å². The number of nitrogens with two attached hydrogens (primary N) is 1. The van der Waals surface area contributed by atoms with Crippen molar-refractivity contribution in [2.75, 3.05) is 17.6 Å². The number of aromatic nitrogens is 4. The number of nitrogens with one attached hydrogen (secondary N) is 2. The molecule has 0 bridgehead atoms. The van der Waals surface area contributed by atoms with Crippen LogP contribution in [0.2, 0.25) is 0 Å². The van der Waals surface area contributed by atoms with Gasteiger partial charge in [0.15, 0.2) is 0 Å². The maximum atomic E-state index is 13.1. The van der Waals surface area contributed by atoms with Gasteiger partial charge in [0.25, 0.3) is 5.78 Å². The van der Waals surface area contributed by atoms with Gasteiger partial charge in [0.1, 0.15) is 11.6 Å². The molecule has 3 aromatic rings. The lowest BCUT2D eigenvalue weighted by Crippen LogP contribution is -2.28. The van der Waals surface area contributed by atoms with Crippen molar-refractivity contribution in [3.8, 4) is 0 Å². The zero-order valence-corrected chi connectivity index (χ0v) is 15.4. The van der Waals surface area contributed by atoms with E-state index in [2.05, 4.69) is 25.8 Å². The van der Waals surface area contributed by atoms with E-state index in [4.69, 9.17) is 5.73 Å². The minimum absolute atomic E-state index is 0.0682. The zero-order valence-electron chi connectivity index (χ0n) is 15.4. The van der Waals surface area contributed by atoms with Crippen molar-refractivity contribution in [2.45, 2.75) is 39.0 Å². The van der Waals surface area contributed by atoms with Gasteiger partial charge in [-0.25, -0.2) is 0 Å². The molecular formula is C18H20F3N7. The third kappa shape index (κ3) is 3.24. The molecule has 0 radical (unpaired) electrons. The molecule has 1 unspecified atom stereocenters. The van der Waals surface area contributed by atoms with Gasteiger partial charge in [0, 0.05) is 36.5 Å². The Morgan fingerprint density at radius 3 is 2.79 bits per heavy atom. The largest absolute Gasteiger partial charge is 0.416 e. The third-order valence-electron chi connectivity index (χ3n) is 4.92. The number of benzene rings is 1. The van der Waals surface area contributed by atoms with E-state index in [1.54, 1.807) is 6.92 Å². The van der Waals surface area contributed by atoms with Gasteiger partial charge in [0.05, 0.1) is 11.6 Å². The fourth-order valence-corrected chi connectivity index (χ4v) is 3.55. The Bertz CT molecular complexity index is 1040. The summed E-state index contributed by atoms with van der Waals surface area (Å²) in [6.45, 7) is 5.07. The number of fused-ring (bicyclic) bond motifs is 3. The van der Waals surface area contributed by atoms with Crippen molar-refractivity contribution in [1.29, 1.82) is 0 Å². The molecule has 1 aliphatic heterocycles. The molecule has 10 heteroatoms. The summed E-state index contributed by atoms with van der Waals surface area (Å²) in [6, 6.07) is 3.15. The SMILES string of the molecule is Cc1nnc2nc(NC(C)c3cc(N)cc(C(F)(F)F)c3)c3c(n12)CCNC3. The van der Waals surface area contributed by atoms with Crippen molar-refractivity contribution in [3.63, 3.8) is 0 Å². The molecular weight excluding hydrogens is 371 g/mol. The van der Waals surface area contributed by atoms with Gasteiger partial charge in [-0.05, 0) is 37.6 Å². The summed E-state index contributed by atoms with van der Waals surface area (Å²) in [5.41, 5.74) is 7.46. The molecule has 1 aliphatic rings. The van der Waals surface area contributed by atoms with E-state index in [0.29, 0.717) is 23.7 Å². The predicted octanol–water partition coefficient (Wildman–Crippen LogP) is 2.85. The second-order valence-electron chi connectivity index (χ2n) is 6.95. The summed E-state index contributed by atoms with van der Waals surface area (Å²) in [7, 11) is 0. The van der Waals surface area contributed by atoms with Gasteiger partial charge in [-0.15, -0.1) is 10.2 Å². The average Bonchev–Trinajstić information content (AvgIpc) is 3.01. The third-order valence-corrected chi connectivity index (χ3v) is 4.92. The molecule has 7 nitrogen and oxygen atoms in total. The maximum Gasteiger partial charge on any atom is 0.416 e. The Labute approximate surface area is 159 Å². The lowest BCUT2D eigenvalue weighted by molar-refractivity contribution is -0.137. The summed E-state index contributed by atoms with van der Waals surface area (Å²) in [6.07, 6.45) is -3.67. The smallest absolute Gasteiger partial charge is 0.399 e. The highest BCUT2D eigenvalue weighted by atomic mass is 19.4. The Hall–Kier alpha value is -2.88. The van der Waals surface area contributed by atoms with Crippen LogP contribution in [0.3, 0.4) is 0 Å². The van der Waals surface area contributed by atoms with Crippen LogP contribution in [0.15, 0.2) is 18.2 Å². The fraction of sp³-hybridized carbons (Fsp3) is 0.389. The van der Waals surface area contributed by atoms with Crippen LogP contribution in [0.4, 0.5) is 24.7 Å². The molecule has 0 spiro atoms. The van der Waals surface area contributed by atoms with Gasteiger partial charge in [-0.2, -0.15) is 18.2 Å². The van der Waals surface area contributed by atoms with Gasteiger partial charge >= 0.3 is 6.18 Å². The molecule has 28 heavy (non-hydrogen) atoms. The monoisotopic (exact) mass is 391 g/mol. The quantitative estimate of drug-likeness (QED) is 0.595. The average molecular weight is 391 g/mol. The number of hydrogen-bond acceptors (Lipinski definition) is 6. The van der Waals surface area contributed by atoms with Gasteiger partial charge in [0.2, 0.25) is 0 Å². The molecule has 0 amide bonds. The number of alkyl halides is 3.